The summed E-state index contributed by atoms with van der Waals surface area (Å²) in [5, 5.41) is 8.65. The van der Waals surface area contributed by atoms with Gasteiger partial charge >= 0.3 is 5.97 Å². The Balaban J connectivity index is 2.02. The van der Waals surface area contributed by atoms with E-state index in [9.17, 15) is 14.0 Å². The molecule has 2 rings (SSSR count). The summed E-state index contributed by atoms with van der Waals surface area (Å²) in [6, 6.07) is 6.47. The van der Waals surface area contributed by atoms with Crippen molar-refractivity contribution in [1.82, 2.24) is 4.90 Å². The second-order valence-corrected chi connectivity index (χ2v) is 5.42. The number of carbonyl (C=O) groups is 2. The van der Waals surface area contributed by atoms with Gasteiger partial charge in [0.25, 0.3) is 0 Å². The zero-order valence-electron chi connectivity index (χ0n) is 11.4. The van der Waals surface area contributed by atoms with Gasteiger partial charge in [-0.25, -0.2) is 4.39 Å². The van der Waals surface area contributed by atoms with Crippen molar-refractivity contribution in [3.8, 4) is 0 Å². The average molecular weight is 279 g/mol. The van der Waals surface area contributed by atoms with Crippen molar-refractivity contribution in [3.05, 3.63) is 35.6 Å². The fourth-order valence-electron chi connectivity index (χ4n) is 2.39. The lowest BCUT2D eigenvalue weighted by Crippen LogP contribution is -2.36. The van der Waals surface area contributed by atoms with E-state index in [0.29, 0.717) is 12.0 Å². The van der Waals surface area contributed by atoms with Crippen LogP contribution < -0.4 is 0 Å². The maximum Gasteiger partial charge on any atom is 0.305 e. The third kappa shape index (κ3) is 3.15. The molecular formula is C15H18FNO3. The van der Waals surface area contributed by atoms with Crippen molar-refractivity contribution < 1.29 is 19.1 Å². The Bertz CT molecular complexity index is 526. The van der Waals surface area contributed by atoms with Crippen molar-refractivity contribution in [2.45, 2.75) is 25.7 Å². The smallest absolute Gasteiger partial charge is 0.305 e. The lowest BCUT2D eigenvalue weighted by Gasteiger charge is -2.23. The van der Waals surface area contributed by atoms with Crippen LogP contribution in [0.5, 0.6) is 0 Å². The second kappa shape index (κ2) is 5.61. The molecule has 1 N–H and O–H groups in total. The van der Waals surface area contributed by atoms with Crippen molar-refractivity contribution in [3.63, 3.8) is 0 Å². The fraction of sp³-hybridized carbons (Fsp3) is 0.467. The van der Waals surface area contributed by atoms with E-state index in [-0.39, 0.29) is 24.7 Å². The number of carboxylic acids is 1. The van der Waals surface area contributed by atoms with Crippen molar-refractivity contribution >= 4 is 11.9 Å². The van der Waals surface area contributed by atoms with Gasteiger partial charge in [0.05, 0.1) is 11.8 Å². The van der Waals surface area contributed by atoms with Gasteiger partial charge in [0, 0.05) is 13.6 Å². The molecule has 0 radical (unpaired) electrons. The van der Waals surface area contributed by atoms with Crippen LogP contribution in [0.25, 0.3) is 0 Å². The van der Waals surface area contributed by atoms with Crippen LogP contribution in [0.3, 0.4) is 0 Å². The van der Waals surface area contributed by atoms with Crippen LogP contribution in [-0.2, 0) is 16.0 Å². The molecule has 20 heavy (non-hydrogen) atoms. The maximum atomic E-state index is 13.7. The Morgan fingerprint density at radius 2 is 2.00 bits per heavy atom. The molecule has 1 aromatic carbocycles. The largest absolute Gasteiger partial charge is 0.481 e. The van der Waals surface area contributed by atoms with Gasteiger partial charge in [-0.05, 0) is 30.9 Å². The van der Waals surface area contributed by atoms with E-state index in [1.165, 1.54) is 11.0 Å². The van der Waals surface area contributed by atoms with Gasteiger partial charge in [0.1, 0.15) is 5.82 Å². The fourth-order valence-corrected chi connectivity index (χ4v) is 2.39. The number of halogens is 1. The number of hydrogen-bond acceptors (Lipinski definition) is 2. The Morgan fingerprint density at radius 3 is 2.55 bits per heavy atom. The maximum absolute atomic E-state index is 13.7. The van der Waals surface area contributed by atoms with E-state index in [1.807, 2.05) is 0 Å². The van der Waals surface area contributed by atoms with Crippen LogP contribution in [0.15, 0.2) is 24.3 Å². The van der Waals surface area contributed by atoms with Crippen molar-refractivity contribution in [1.29, 1.82) is 0 Å². The minimum atomic E-state index is -0.927. The average Bonchev–Trinajstić information content (AvgIpc) is 3.19. The molecule has 1 fully saturated rings. The number of benzene rings is 1. The van der Waals surface area contributed by atoms with Gasteiger partial charge < -0.3 is 10.0 Å². The summed E-state index contributed by atoms with van der Waals surface area (Å²) in [5.74, 6) is -1.30. The Hall–Kier alpha value is -1.91. The molecule has 0 aliphatic heterocycles. The standard InChI is InChI=1S/C15H18FNO3/c1-17(9-6-13(18)19)14(20)15(7-8-15)10-11-4-2-3-5-12(11)16/h2-5H,6-10H2,1H3,(H,18,19). The predicted octanol–water partition coefficient (Wildman–Crippen LogP) is 2.08. The third-order valence-corrected chi connectivity index (χ3v) is 3.80. The molecule has 108 valence electrons. The summed E-state index contributed by atoms with van der Waals surface area (Å²) in [6.07, 6.45) is 1.78. The third-order valence-electron chi connectivity index (χ3n) is 3.80. The number of aliphatic carboxylic acids is 1. The van der Waals surface area contributed by atoms with Gasteiger partial charge in [-0.3, -0.25) is 9.59 Å². The quantitative estimate of drug-likeness (QED) is 0.867. The summed E-state index contributed by atoms with van der Waals surface area (Å²) in [6.45, 7) is 0.188. The first kappa shape index (κ1) is 14.5. The summed E-state index contributed by atoms with van der Waals surface area (Å²) >= 11 is 0. The molecule has 0 atom stereocenters. The second-order valence-electron chi connectivity index (χ2n) is 5.42. The van der Waals surface area contributed by atoms with E-state index in [1.54, 1.807) is 25.2 Å². The number of carboxylic acid groups (broad SMARTS) is 1. The summed E-state index contributed by atoms with van der Waals surface area (Å²) in [4.78, 5) is 24.4. The molecular weight excluding hydrogens is 261 g/mol. The molecule has 0 spiro atoms. The highest BCUT2D eigenvalue weighted by Gasteiger charge is 2.51. The normalized spacial score (nSPS) is 15.7. The van der Waals surface area contributed by atoms with Crippen molar-refractivity contribution in [2.75, 3.05) is 13.6 Å². The van der Waals surface area contributed by atoms with Gasteiger partial charge in [0.15, 0.2) is 0 Å². The number of rotatable bonds is 6. The SMILES string of the molecule is CN(CCC(=O)O)C(=O)C1(Cc2ccccc2F)CC1. The monoisotopic (exact) mass is 279 g/mol. The Kier molecular flexibility index (Phi) is 4.06. The lowest BCUT2D eigenvalue weighted by atomic mass is 9.94. The molecule has 0 unspecified atom stereocenters. The molecule has 0 saturated heterocycles. The molecule has 1 aromatic rings. The van der Waals surface area contributed by atoms with E-state index < -0.39 is 11.4 Å². The molecule has 1 aliphatic carbocycles. The van der Waals surface area contributed by atoms with Crippen LogP contribution >= 0.6 is 0 Å². The first-order chi connectivity index (χ1) is 9.44. The highest BCUT2D eigenvalue weighted by Crippen LogP contribution is 2.50. The molecule has 0 heterocycles. The summed E-state index contributed by atoms with van der Waals surface area (Å²) < 4.78 is 13.7. The number of amides is 1. The lowest BCUT2D eigenvalue weighted by molar-refractivity contribution is -0.139. The molecule has 1 aliphatic rings. The van der Waals surface area contributed by atoms with Gasteiger partial charge in [-0.15, -0.1) is 0 Å². The van der Waals surface area contributed by atoms with Crippen LogP contribution in [-0.4, -0.2) is 35.5 Å². The number of hydrogen-bond donors (Lipinski definition) is 1. The van der Waals surface area contributed by atoms with E-state index >= 15 is 0 Å². The minimum Gasteiger partial charge on any atom is -0.481 e. The van der Waals surface area contributed by atoms with E-state index in [4.69, 9.17) is 5.11 Å². The highest BCUT2D eigenvalue weighted by atomic mass is 19.1. The number of carbonyl (C=O) groups excluding carboxylic acids is 1. The van der Waals surface area contributed by atoms with Crippen molar-refractivity contribution in [2.24, 2.45) is 5.41 Å². The van der Waals surface area contributed by atoms with Crippen LogP contribution in [0.1, 0.15) is 24.8 Å². The summed E-state index contributed by atoms with van der Waals surface area (Å²) in [7, 11) is 1.60. The zero-order valence-corrected chi connectivity index (χ0v) is 11.4. The van der Waals surface area contributed by atoms with Gasteiger partial charge in [0.2, 0.25) is 5.91 Å². The van der Waals surface area contributed by atoms with Crippen LogP contribution in [0.4, 0.5) is 4.39 Å². The molecule has 4 nitrogen and oxygen atoms in total. The molecule has 1 amide bonds. The molecule has 1 saturated carbocycles. The topological polar surface area (TPSA) is 57.6 Å². The predicted molar refractivity (Wildman–Crippen MR) is 71.7 cm³/mol. The van der Waals surface area contributed by atoms with Crippen LogP contribution in [0.2, 0.25) is 0 Å². The minimum absolute atomic E-state index is 0.0714. The Labute approximate surface area is 117 Å². The molecule has 0 bridgehead atoms. The first-order valence-corrected chi connectivity index (χ1v) is 6.65. The zero-order chi connectivity index (χ0) is 14.8. The molecule has 5 heteroatoms. The van der Waals surface area contributed by atoms with Crippen LogP contribution in [0, 0.1) is 11.2 Å². The molecule has 0 aromatic heterocycles. The highest BCUT2D eigenvalue weighted by molar-refractivity contribution is 5.85. The van der Waals surface area contributed by atoms with E-state index in [2.05, 4.69) is 0 Å². The van der Waals surface area contributed by atoms with E-state index in [0.717, 1.165) is 12.8 Å². The Morgan fingerprint density at radius 1 is 1.35 bits per heavy atom. The first-order valence-electron chi connectivity index (χ1n) is 6.65. The van der Waals surface area contributed by atoms with Gasteiger partial charge in [-0.2, -0.15) is 0 Å². The number of nitrogens with zero attached hydrogens (tertiary/aromatic N) is 1. The summed E-state index contributed by atoms with van der Waals surface area (Å²) in [5.41, 5.74) is 0.0140. The van der Waals surface area contributed by atoms with Gasteiger partial charge in [-0.1, -0.05) is 18.2 Å².